The number of aromatic nitrogens is 2. The van der Waals surface area contributed by atoms with Crippen LogP contribution >= 0.6 is 0 Å². The summed E-state index contributed by atoms with van der Waals surface area (Å²) < 4.78 is 2.41. The SMILES string of the molecule is Cc1cn(C2CCCC2)c(NCC2CCC(C)CC2)n1. The standard InChI is InChI=1S/C17H29N3/c1-13-7-9-15(10-8-13)11-18-17-19-14(2)12-20(17)16-5-3-4-6-16/h12-13,15-16H,3-11H2,1-2H3,(H,18,19). The Bertz CT molecular complexity index is 423. The molecule has 1 heterocycles. The highest BCUT2D eigenvalue weighted by Crippen LogP contribution is 2.33. The minimum Gasteiger partial charge on any atom is -0.355 e. The number of aryl methyl sites for hydroxylation is 1. The van der Waals surface area contributed by atoms with Crippen LogP contribution in [-0.2, 0) is 0 Å². The van der Waals surface area contributed by atoms with Crippen molar-refractivity contribution in [3.8, 4) is 0 Å². The van der Waals surface area contributed by atoms with Gasteiger partial charge in [-0.05, 0) is 44.4 Å². The Hall–Kier alpha value is -0.990. The molecular formula is C17H29N3. The molecule has 1 aromatic heterocycles. The number of nitrogens with one attached hydrogen (secondary N) is 1. The predicted molar refractivity (Wildman–Crippen MR) is 84.1 cm³/mol. The lowest BCUT2D eigenvalue weighted by molar-refractivity contribution is 0.300. The summed E-state index contributed by atoms with van der Waals surface area (Å²) >= 11 is 0. The van der Waals surface area contributed by atoms with Crippen LogP contribution in [0.2, 0.25) is 0 Å². The van der Waals surface area contributed by atoms with Crippen molar-refractivity contribution in [2.45, 2.75) is 71.3 Å². The maximum Gasteiger partial charge on any atom is 0.203 e. The normalized spacial score (nSPS) is 27.9. The van der Waals surface area contributed by atoms with E-state index in [0.717, 1.165) is 30.0 Å². The lowest BCUT2D eigenvalue weighted by Crippen LogP contribution is -2.22. The van der Waals surface area contributed by atoms with Crippen molar-refractivity contribution < 1.29 is 0 Å². The van der Waals surface area contributed by atoms with Crippen molar-refractivity contribution in [1.82, 2.24) is 9.55 Å². The number of rotatable bonds is 4. The fraction of sp³-hybridized carbons (Fsp3) is 0.824. The third-order valence-corrected chi connectivity index (χ3v) is 5.26. The summed E-state index contributed by atoms with van der Waals surface area (Å²) in [6.45, 7) is 5.61. The Morgan fingerprint density at radius 3 is 2.55 bits per heavy atom. The summed E-state index contributed by atoms with van der Waals surface area (Å²) in [5.74, 6) is 2.90. The first-order valence-corrected chi connectivity index (χ1v) is 8.51. The van der Waals surface area contributed by atoms with Crippen LogP contribution in [0.1, 0.15) is 70.0 Å². The molecule has 1 N–H and O–H groups in total. The lowest BCUT2D eigenvalue weighted by atomic mass is 9.83. The molecule has 0 spiro atoms. The van der Waals surface area contributed by atoms with Crippen LogP contribution in [0.25, 0.3) is 0 Å². The zero-order valence-electron chi connectivity index (χ0n) is 13.1. The van der Waals surface area contributed by atoms with Gasteiger partial charge in [0, 0.05) is 18.8 Å². The lowest BCUT2D eigenvalue weighted by Gasteiger charge is -2.26. The molecule has 0 aromatic carbocycles. The molecule has 2 aliphatic rings. The van der Waals surface area contributed by atoms with Crippen LogP contribution in [0.5, 0.6) is 0 Å². The van der Waals surface area contributed by atoms with E-state index < -0.39 is 0 Å². The second kappa shape index (κ2) is 6.19. The van der Waals surface area contributed by atoms with Gasteiger partial charge < -0.3 is 9.88 Å². The number of hydrogen-bond donors (Lipinski definition) is 1. The molecule has 0 unspecified atom stereocenters. The Morgan fingerprint density at radius 1 is 1.15 bits per heavy atom. The van der Waals surface area contributed by atoms with Gasteiger partial charge in [-0.25, -0.2) is 4.98 Å². The molecule has 1 aromatic rings. The zero-order valence-corrected chi connectivity index (χ0v) is 13.1. The minimum absolute atomic E-state index is 0.685. The minimum atomic E-state index is 0.685. The highest BCUT2D eigenvalue weighted by Gasteiger charge is 2.22. The molecular weight excluding hydrogens is 246 g/mol. The molecule has 112 valence electrons. The molecule has 20 heavy (non-hydrogen) atoms. The van der Waals surface area contributed by atoms with Gasteiger partial charge >= 0.3 is 0 Å². The van der Waals surface area contributed by atoms with Crippen LogP contribution in [-0.4, -0.2) is 16.1 Å². The molecule has 3 nitrogen and oxygen atoms in total. The van der Waals surface area contributed by atoms with E-state index in [4.69, 9.17) is 4.98 Å². The largest absolute Gasteiger partial charge is 0.355 e. The quantitative estimate of drug-likeness (QED) is 0.874. The van der Waals surface area contributed by atoms with Gasteiger partial charge in [-0.15, -0.1) is 0 Å². The van der Waals surface area contributed by atoms with Crippen molar-refractivity contribution in [3.63, 3.8) is 0 Å². The van der Waals surface area contributed by atoms with E-state index in [9.17, 15) is 0 Å². The van der Waals surface area contributed by atoms with E-state index in [1.54, 1.807) is 0 Å². The van der Waals surface area contributed by atoms with Crippen molar-refractivity contribution in [1.29, 1.82) is 0 Å². The summed E-state index contributed by atoms with van der Waals surface area (Å²) in [4.78, 5) is 4.71. The smallest absolute Gasteiger partial charge is 0.203 e. The van der Waals surface area contributed by atoms with Gasteiger partial charge in [0.2, 0.25) is 5.95 Å². The van der Waals surface area contributed by atoms with Crippen LogP contribution in [0.4, 0.5) is 5.95 Å². The average molecular weight is 275 g/mol. The number of imidazole rings is 1. The van der Waals surface area contributed by atoms with Gasteiger partial charge in [-0.3, -0.25) is 0 Å². The van der Waals surface area contributed by atoms with E-state index in [-0.39, 0.29) is 0 Å². The third-order valence-electron chi connectivity index (χ3n) is 5.26. The van der Waals surface area contributed by atoms with Crippen LogP contribution in [0, 0.1) is 18.8 Å². The topological polar surface area (TPSA) is 29.9 Å². The van der Waals surface area contributed by atoms with Gasteiger partial charge in [0.1, 0.15) is 0 Å². The van der Waals surface area contributed by atoms with Crippen molar-refractivity contribution in [2.24, 2.45) is 11.8 Å². The van der Waals surface area contributed by atoms with Crippen molar-refractivity contribution >= 4 is 5.95 Å². The van der Waals surface area contributed by atoms with E-state index in [1.807, 2.05) is 0 Å². The molecule has 0 saturated heterocycles. The predicted octanol–water partition coefficient (Wildman–Crippen LogP) is 4.54. The van der Waals surface area contributed by atoms with Crippen molar-refractivity contribution in [3.05, 3.63) is 11.9 Å². The first-order valence-electron chi connectivity index (χ1n) is 8.51. The maximum atomic E-state index is 4.71. The van der Waals surface area contributed by atoms with Gasteiger partial charge in [0.05, 0.1) is 5.69 Å². The average Bonchev–Trinajstić information content (AvgIpc) is 3.07. The molecule has 3 rings (SSSR count). The monoisotopic (exact) mass is 275 g/mol. The van der Waals surface area contributed by atoms with Gasteiger partial charge in [0.25, 0.3) is 0 Å². The summed E-state index contributed by atoms with van der Waals surface area (Å²) in [6, 6.07) is 0.685. The number of hydrogen-bond acceptors (Lipinski definition) is 2. The van der Waals surface area contributed by atoms with Crippen LogP contribution < -0.4 is 5.32 Å². The van der Waals surface area contributed by atoms with E-state index >= 15 is 0 Å². The van der Waals surface area contributed by atoms with Crippen LogP contribution in [0.15, 0.2) is 6.20 Å². The van der Waals surface area contributed by atoms with E-state index in [2.05, 4.69) is 29.9 Å². The van der Waals surface area contributed by atoms with Crippen LogP contribution in [0.3, 0.4) is 0 Å². The molecule has 0 amide bonds. The zero-order chi connectivity index (χ0) is 13.9. The highest BCUT2D eigenvalue weighted by atomic mass is 15.2. The fourth-order valence-electron chi connectivity index (χ4n) is 3.88. The Kier molecular flexibility index (Phi) is 4.32. The van der Waals surface area contributed by atoms with E-state index in [1.165, 1.54) is 51.4 Å². The molecule has 0 bridgehead atoms. The summed E-state index contributed by atoms with van der Waals surface area (Å²) in [5, 5.41) is 3.65. The molecule has 2 aliphatic carbocycles. The molecule has 0 radical (unpaired) electrons. The van der Waals surface area contributed by atoms with Gasteiger partial charge in [-0.1, -0.05) is 32.6 Å². The van der Waals surface area contributed by atoms with Crippen molar-refractivity contribution in [2.75, 3.05) is 11.9 Å². The summed E-state index contributed by atoms with van der Waals surface area (Å²) in [7, 11) is 0. The second-order valence-electron chi connectivity index (χ2n) is 7.06. The molecule has 2 saturated carbocycles. The summed E-state index contributed by atoms with van der Waals surface area (Å²) in [6.07, 6.45) is 13.2. The first-order chi connectivity index (χ1) is 9.72. The maximum absolute atomic E-state index is 4.71. The Labute approximate surface area is 123 Å². The highest BCUT2D eigenvalue weighted by molar-refractivity contribution is 5.30. The number of nitrogens with zero attached hydrogens (tertiary/aromatic N) is 2. The number of anilines is 1. The molecule has 3 heteroatoms. The Morgan fingerprint density at radius 2 is 1.85 bits per heavy atom. The summed E-state index contributed by atoms with van der Waals surface area (Å²) in [5.41, 5.74) is 1.15. The molecule has 0 atom stereocenters. The second-order valence-corrected chi connectivity index (χ2v) is 7.06. The van der Waals surface area contributed by atoms with Gasteiger partial charge in [0.15, 0.2) is 0 Å². The molecule has 0 aliphatic heterocycles. The Balaban J connectivity index is 1.59. The first kappa shape index (κ1) is 14.0. The van der Waals surface area contributed by atoms with E-state index in [0.29, 0.717) is 6.04 Å². The fourth-order valence-corrected chi connectivity index (χ4v) is 3.88. The third kappa shape index (κ3) is 3.18. The van der Waals surface area contributed by atoms with Gasteiger partial charge in [-0.2, -0.15) is 0 Å². The molecule has 2 fully saturated rings.